The van der Waals surface area contributed by atoms with E-state index in [0.29, 0.717) is 0 Å². The van der Waals surface area contributed by atoms with Gasteiger partial charge in [-0.3, -0.25) is 0 Å². The van der Waals surface area contributed by atoms with Crippen molar-refractivity contribution in [1.82, 2.24) is 0 Å². The van der Waals surface area contributed by atoms with Crippen LogP contribution < -0.4 is 4.90 Å². The second-order valence-electron chi connectivity index (χ2n) is 14.6. The minimum absolute atomic E-state index is 0.0926. The molecule has 0 fully saturated rings. The smallest absolute Gasteiger partial charge is 0.0467 e. The number of benzene rings is 9. The van der Waals surface area contributed by atoms with Crippen molar-refractivity contribution in [2.24, 2.45) is 0 Å². The first kappa shape index (κ1) is 30.4. The van der Waals surface area contributed by atoms with Gasteiger partial charge in [0.15, 0.2) is 0 Å². The lowest BCUT2D eigenvalue weighted by Crippen LogP contribution is -2.16. The van der Waals surface area contributed by atoms with E-state index in [4.69, 9.17) is 0 Å². The number of hydrogen-bond acceptors (Lipinski definition) is 1. The van der Waals surface area contributed by atoms with E-state index in [1.54, 1.807) is 0 Å². The molecule has 0 saturated carbocycles. The Morgan fingerprint density at radius 1 is 0.327 bits per heavy atom. The topological polar surface area (TPSA) is 3.24 Å². The van der Waals surface area contributed by atoms with Crippen molar-refractivity contribution in [1.29, 1.82) is 0 Å². The lowest BCUT2D eigenvalue weighted by atomic mass is 9.82. The summed E-state index contributed by atoms with van der Waals surface area (Å²) in [4.78, 5) is 2.42. The summed E-state index contributed by atoms with van der Waals surface area (Å²) >= 11 is 0. The molecule has 0 saturated heterocycles. The van der Waals surface area contributed by atoms with Gasteiger partial charge >= 0.3 is 0 Å². The maximum Gasteiger partial charge on any atom is 0.0467 e. The third kappa shape index (κ3) is 4.77. The summed E-state index contributed by atoms with van der Waals surface area (Å²) in [6.45, 7) is 4.71. The fourth-order valence-corrected chi connectivity index (χ4v) is 8.62. The first-order valence-electron chi connectivity index (χ1n) is 18.2. The molecule has 0 radical (unpaired) electrons. The van der Waals surface area contributed by atoms with Crippen LogP contribution in [0.15, 0.2) is 188 Å². The molecular weight excluding hydrogens is 627 g/mol. The zero-order valence-electron chi connectivity index (χ0n) is 29.3. The average molecular weight is 664 g/mol. The van der Waals surface area contributed by atoms with Crippen LogP contribution in [0.2, 0.25) is 0 Å². The van der Waals surface area contributed by atoms with Crippen LogP contribution in [0.5, 0.6) is 0 Å². The third-order valence-corrected chi connectivity index (χ3v) is 11.2. The number of rotatable bonds is 5. The number of nitrogens with zero attached hydrogens (tertiary/aromatic N) is 1. The minimum atomic E-state index is -0.0926. The molecule has 1 aliphatic carbocycles. The van der Waals surface area contributed by atoms with Gasteiger partial charge in [-0.25, -0.2) is 0 Å². The fourth-order valence-electron chi connectivity index (χ4n) is 8.62. The predicted molar refractivity (Wildman–Crippen MR) is 222 cm³/mol. The van der Waals surface area contributed by atoms with Crippen molar-refractivity contribution >= 4 is 49.4 Å². The lowest BCUT2D eigenvalue weighted by molar-refractivity contribution is 0.660. The van der Waals surface area contributed by atoms with Crippen LogP contribution in [0.25, 0.3) is 65.7 Å². The van der Waals surface area contributed by atoms with E-state index in [2.05, 4.69) is 207 Å². The molecule has 9 aromatic rings. The summed E-state index contributed by atoms with van der Waals surface area (Å²) in [7, 11) is 0. The number of hydrogen-bond donors (Lipinski definition) is 0. The third-order valence-electron chi connectivity index (χ3n) is 11.2. The molecule has 1 aliphatic rings. The molecule has 246 valence electrons. The molecule has 0 aliphatic heterocycles. The molecular formula is C51H37N. The summed E-state index contributed by atoms with van der Waals surface area (Å²) in [5.41, 5.74) is 13.6. The SMILES string of the molecule is CC1(C)c2ccccc2-c2ccc(N(c3ccc(-c4cc5c6ccccc6ccc5c5ccccc45)cc3)c3cccc(-c4ccccc4)c3)cc21. The van der Waals surface area contributed by atoms with Crippen LogP contribution in [0, 0.1) is 0 Å². The molecule has 10 rings (SSSR count). The van der Waals surface area contributed by atoms with Crippen molar-refractivity contribution < 1.29 is 0 Å². The molecule has 0 atom stereocenters. The van der Waals surface area contributed by atoms with Crippen LogP contribution in [0.3, 0.4) is 0 Å². The van der Waals surface area contributed by atoms with Gasteiger partial charge in [0.1, 0.15) is 0 Å². The summed E-state index contributed by atoms with van der Waals surface area (Å²) in [6.07, 6.45) is 0. The van der Waals surface area contributed by atoms with Gasteiger partial charge in [0.05, 0.1) is 0 Å². The Hall–Kier alpha value is -6.44. The van der Waals surface area contributed by atoms with E-state index in [1.165, 1.54) is 76.8 Å². The molecule has 1 nitrogen and oxygen atoms in total. The fraction of sp³-hybridized carbons (Fsp3) is 0.0588. The maximum absolute atomic E-state index is 2.42. The van der Waals surface area contributed by atoms with Crippen molar-refractivity contribution in [3.8, 4) is 33.4 Å². The highest BCUT2D eigenvalue weighted by molar-refractivity contribution is 6.21. The second-order valence-corrected chi connectivity index (χ2v) is 14.6. The Labute approximate surface area is 305 Å². The van der Waals surface area contributed by atoms with Gasteiger partial charge in [-0.05, 0) is 119 Å². The highest BCUT2D eigenvalue weighted by atomic mass is 15.1. The predicted octanol–water partition coefficient (Wildman–Crippen LogP) is 14.3. The standard InChI is InChI=1S/C51H37N/c1-51(2)49-22-11-10-21-45(49)46-30-28-40(32-50(46)51)52(39-17-12-16-37(31-39)34-13-4-3-5-14-34)38-26-23-36(24-27-38)47-33-48-41-18-7-6-15-35(41)25-29-44(48)42-19-8-9-20-43(42)47/h3-33H,1-2H3. The van der Waals surface area contributed by atoms with Gasteiger partial charge in [0, 0.05) is 22.5 Å². The molecule has 0 bridgehead atoms. The zero-order chi connectivity index (χ0) is 34.8. The first-order valence-corrected chi connectivity index (χ1v) is 18.2. The van der Waals surface area contributed by atoms with Crippen LogP contribution in [0.1, 0.15) is 25.0 Å². The van der Waals surface area contributed by atoms with Gasteiger partial charge < -0.3 is 4.90 Å². The number of fused-ring (bicyclic) bond motifs is 8. The molecule has 0 N–H and O–H groups in total. The van der Waals surface area contributed by atoms with Crippen LogP contribution >= 0.6 is 0 Å². The Balaban J connectivity index is 1.14. The van der Waals surface area contributed by atoms with Crippen molar-refractivity contribution in [2.45, 2.75) is 19.3 Å². The highest BCUT2D eigenvalue weighted by Crippen LogP contribution is 2.51. The van der Waals surface area contributed by atoms with E-state index in [1.807, 2.05) is 0 Å². The highest BCUT2D eigenvalue weighted by Gasteiger charge is 2.35. The second kappa shape index (κ2) is 11.8. The van der Waals surface area contributed by atoms with E-state index >= 15 is 0 Å². The van der Waals surface area contributed by atoms with Crippen LogP contribution in [0.4, 0.5) is 17.1 Å². The zero-order valence-corrected chi connectivity index (χ0v) is 29.3. The van der Waals surface area contributed by atoms with Gasteiger partial charge in [-0.15, -0.1) is 0 Å². The largest absolute Gasteiger partial charge is 0.310 e. The molecule has 0 heterocycles. The molecule has 0 aromatic heterocycles. The van der Waals surface area contributed by atoms with E-state index in [0.717, 1.165) is 17.1 Å². The summed E-state index contributed by atoms with van der Waals surface area (Å²) in [5.74, 6) is 0. The van der Waals surface area contributed by atoms with E-state index in [-0.39, 0.29) is 5.41 Å². The molecule has 52 heavy (non-hydrogen) atoms. The average Bonchev–Trinajstić information content (AvgIpc) is 3.43. The Morgan fingerprint density at radius 3 is 1.81 bits per heavy atom. The van der Waals surface area contributed by atoms with Crippen LogP contribution in [-0.4, -0.2) is 0 Å². The summed E-state index contributed by atoms with van der Waals surface area (Å²) in [6, 6.07) is 69.2. The molecule has 9 aromatic carbocycles. The molecule has 1 heteroatoms. The molecule has 0 amide bonds. The van der Waals surface area contributed by atoms with Crippen molar-refractivity contribution in [3.05, 3.63) is 199 Å². The van der Waals surface area contributed by atoms with Crippen molar-refractivity contribution in [2.75, 3.05) is 4.90 Å². The summed E-state index contributed by atoms with van der Waals surface area (Å²) < 4.78 is 0. The number of anilines is 3. The van der Waals surface area contributed by atoms with E-state index in [9.17, 15) is 0 Å². The molecule has 0 unspecified atom stereocenters. The lowest BCUT2D eigenvalue weighted by Gasteiger charge is -2.28. The molecule has 0 spiro atoms. The van der Waals surface area contributed by atoms with Gasteiger partial charge in [-0.1, -0.05) is 159 Å². The Kier molecular flexibility index (Phi) is 6.91. The Morgan fingerprint density at radius 2 is 0.962 bits per heavy atom. The van der Waals surface area contributed by atoms with Gasteiger partial charge in [-0.2, -0.15) is 0 Å². The normalized spacial score (nSPS) is 13.0. The maximum atomic E-state index is 2.42. The van der Waals surface area contributed by atoms with E-state index < -0.39 is 0 Å². The van der Waals surface area contributed by atoms with Crippen molar-refractivity contribution in [3.63, 3.8) is 0 Å². The minimum Gasteiger partial charge on any atom is -0.310 e. The first-order chi connectivity index (χ1) is 25.5. The quantitative estimate of drug-likeness (QED) is 0.166. The Bertz CT molecular complexity index is 2810. The monoisotopic (exact) mass is 663 g/mol. The van der Waals surface area contributed by atoms with Crippen LogP contribution in [-0.2, 0) is 5.41 Å². The van der Waals surface area contributed by atoms with Gasteiger partial charge in [0.2, 0.25) is 0 Å². The van der Waals surface area contributed by atoms with Gasteiger partial charge in [0.25, 0.3) is 0 Å². The summed E-state index contributed by atoms with van der Waals surface area (Å²) in [5, 5.41) is 7.69.